The number of benzene rings is 7. The van der Waals surface area contributed by atoms with Gasteiger partial charge < -0.3 is 57.5 Å². The van der Waals surface area contributed by atoms with Crippen molar-refractivity contribution in [2.24, 2.45) is 21.5 Å². The number of nitrogens with two attached hydrogens (primary N) is 2. The molecule has 1 aliphatic heterocycles. The molecule has 0 unspecified atom stereocenters. The predicted molar refractivity (Wildman–Crippen MR) is 412 cm³/mol. The van der Waals surface area contributed by atoms with Crippen molar-refractivity contribution in [2.75, 3.05) is 0 Å². The fourth-order valence-corrected chi connectivity index (χ4v) is 12.8. The standard InChI is InChI=1S/C21H21F4N3.C20H22F4N2.C20H18F4N2.C7H4F2O.C6H14N2.C4H6BO2.C2H4O2.CBrN.Na.2H2O/c22-15-7-5-13(9-17(15)24)11-27-19-3-1-2-4-20(19)28(21(27)26)12-14-6-8-16(23)18(25)10-14;2*21-15-7-5-13(9-17(15)23)11-25-19-3-1-2-4-20(19)26-12-14-6-8-16(22)18(24)10-14;8-6-2-1-5(4-10)3-7(6)9;7-5-3-1-2-4-6(5)8;1-3(6)5-4(2)7;1-2(3)4;2-1-3;;;/h5-10,19-20,26H,1-4,11-12H2;5-10,19-20,25-26H,1-4,11-12H2;5-12,19-20H,1-4H2;1-4H;5-6H,1-4,7-8H2;1-2H3;1H3,(H,3,4);;;2*1H2/q;;;;;-1;;;+1;;/t3*19-,20-;;5-,6-;;;;;;/m111.1....../s1. The number of guanidine groups is 1. The Hall–Kier alpha value is -8.56. The molecule has 0 bridgehead atoms. The van der Waals surface area contributed by atoms with Crippen LogP contribution in [-0.4, -0.2) is 123 Å². The molecule has 0 amide bonds. The van der Waals surface area contributed by atoms with Crippen LogP contribution in [0, 0.1) is 97.1 Å². The molecular formula is C81H93BBrF14N10NaO7. The molecule has 1 heterocycles. The van der Waals surface area contributed by atoms with Crippen LogP contribution in [0.5, 0.6) is 0 Å². The van der Waals surface area contributed by atoms with E-state index in [0.717, 1.165) is 165 Å². The first kappa shape index (κ1) is 103. The van der Waals surface area contributed by atoms with Gasteiger partial charge in [-0.2, -0.15) is 12.5 Å². The third kappa shape index (κ3) is 36.2. The van der Waals surface area contributed by atoms with E-state index < -0.39 is 87.4 Å². The van der Waals surface area contributed by atoms with Crippen LogP contribution >= 0.6 is 15.9 Å². The van der Waals surface area contributed by atoms with E-state index in [1.165, 1.54) is 93.7 Å². The smallest absolute Gasteiger partial charge is 0.481 e. The molecule has 2 radical (unpaired) electrons. The average molecular weight is 1700 g/mol. The molecule has 34 heteroatoms. The molecule has 4 aliphatic carbocycles. The molecule has 4 saturated carbocycles. The summed E-state index contributed by atoms with van der Waals surface area (Å²) in [6.45, 7) is 5.30. The third-order valence-corrected chi connectivity index (χ3v) is 18.4. The second-order valence-electron chi connectivity index (χ2n) is 26.9. The van der Waals surface area contributed by atoms with Crippen molar-refractivity contribution in [2.45, 2.75) is 198 Å². The Labute approximate surface area is 690 Å². The number of carbonyl (C=O) groups excluding carboxylic acids is 3. The van der Waals surface area contributed by atoms with Gasteiger partial charge >= 0.3 is 29.6 Å². The van der Waals surface area contributed by atoms with Crippen LogP contribution in [0.25, 0.3) is 0 Å². The molecule has 115 heavy (non-hydrogen) atoms. The Kier molecular flexibility index (Phi) is 47.8. The summed E-state index contributed by atoms with van der Waals surface area (Å²) >= 11 is 2.45. The van der Waals surface area contributed by atoms with E-state index >= 15 is 0 Å². The zero-order valence-electron chi connectivity index (χ0n) is 63.8. The fourth-order valence-electron chi connectivity index (χ4n) is 12.8. The van der Waals surface area contributed by atoms with E-state index in [1.54, 1.807) is 17.1 Å². The SMILES string of the molecule is CC(=O)O.CC(=O)[B-]C(C)=O.Fc1ccc(C=N[C@@H]2CCCC[C@H]2N=Cc2ccc(F)c(F)c2)cc1F.Fc1ccc(CN[C@@H]2CCCC[C@H]2NCc2ccc(F)c(F)c2)cc1F.N#CBr.N=C1N(Cc2ccc(F)c(F)c2)[C@@H]2CCCC[C@H]2N1Cc1ccc(F)c(F)c1.N[C@@H]1CCCC[C@H]1N.O.O.O=Cc1ccc(F)c(F)c1.[Na+]. The molecule has 0 spiro atoms. The number of nitrogens with zero attached hydrogens (tertiary/aromatic N) is 5. The van der Waals surface area contributed by atoms with Gasteiger partial charge in [-0.15, -0.1) is 0 Å². The number of halogens is 15. The van der Waals surface area contributed by atoms with Crippen molar-refractivity contribution < 1.29 is 126 Å². The molecule has 0 aromatic heterocycles. The number of hydrogen-bond donors (Lipinski definition) is 6. The van der Waals surface area contributed by atoms with Gasteiger partial charge in [-0.05, 0) is 176 Å². The maximum atomic E-state index is 13.6. The fraction of sp³-hybridized carbons (Fsp3) is 0.383. The minimum atomic E-state index is -0.996. The van der Waals surface area contributed by atoms with Crippen LogP contribution in [0.4, 0.5) is 61.5 Å². The molecule has 618 valence electrons. The summed E-state index contributed by atoms with van der Waals surface area (Å²) in [5.74, 6) is -13.1. The minimum absolute atomic E-state index is 0. The zero-order valence-corrected chi connectivity index (χ0v) is 67.4. The maximum Gasteiger partial charge on any atom is 1.00 e. The van der Waals surface area contributed by atoms with Crippen molar-refractivity contribution >= 4 is 65.2 Å². The van der Waals surface area contributed by atoms with Gasteiger partial charge in [-0.25, -0.2) is 61.5 Å². The zero-order chi connectivity index (χ0) is 82.6. The summed E-state index contributed by atoms with van der Waals surface area (Å²) < 4.78 is 183. The molecule has 7 aromatic rings. The van der Waals surface area contributed by atoms with Gasteiger partial charge in [-0.1, -0.05) is 113 Å². The second-order valence-corrected chi connectivity index (χ2v) is 27.3. The number of carboxylic acids is 1. The van der Waals surface area contributed by atoms with Gasteiger partial charge in [0.15, 0.2) is 87.4 Å². The van der Waals surface area contributed by atoms with Crippen molar-refractivity contribution in [1.82, 2.24) is 20.4 Å². The molecule has 5 aliphatic rings. The van der Waals surface area contributed by atoms with E-state index in [-0.39, 0.29) is 112 Å². The van der Waals surface area contributed by atoms with Crippen molar-refractivity contribution in [3.8, 4) is 4.98 Å². The van der Waals surface area contributed by atoms with Gasteiger partial charge in [0, 0.05) is 91.2 Å². The summed E-state index contributed by atoms with van der Waals surface area (Å²) in [7, 11) is 1.06. The van der Waals surface area contributed by atoms with Crippen molar-refractivity contribution in [1.29, 1.82) is 10.7 Å². The van der Waals surface area contributed by atoms with Gasteiger partial charge in [0.05, 0.1) is 24.2 Å². The molecule has 5 fully saturated rings. The summed E-state index contributed by atoms with van der Waals surface area (Å²) in [4.78, 5) is 53.3. The van der Waals surface area contributed by atoms with Gasteiger partial charge in [-0.3, -0.25) is 25.0 Å². The predicted octanol–water partition coefficient (Wildman–Crippen LogP) is 12.4. The van der Waals surface area contributed by atoms with Crippen molar-refractivity contribution in [3.63, 3.8) is 0 Å². The Morgan fingerprint density at radius 2 is 0.730 bits per heavy atom. The number of carboxylic acid groups (broad SMARTS) is 1. The largest absolute Gasteiger partial charge is 1.00 e. The summed E-state index contributed by atoms with van der Waals surface area (Å²) in [6, 6.07) is 26.6. The number of carbonyl (C=O) groups is 4. The van der Waals surface area contributed by atoms with Crippen LogP contribution in [0.1, 0.15) is 167 Å². The number of nitriles is 1. The number of rotatable bonds is 17. The minimum Gasteiger partial charge on any atom is -0.481 e. The topological polar surface area (TPSA) is 306 Å². The van der Waals surface area contributed by atoms with Crippen LogP contribution in [0.15, 0.2) is 137 Å². The van der Waals surface area contributed by atoms with Gasteiger partial charge in [0.1, 0.15) is 11.3 Å². The number of hydrogen-bond acceptors (Lipinski definition) is 12. The summed E-state index contributed by atoms with van der Waals surface area (Å²) in [5, 5.41) is 30.1. The maximum absolute atomic E-state index is 13.6. The van der Waals surface area contributed by atoms with Gasteiger partial charge in [0.2, 0.25) is 0 Å². The number of aldehydes is 1. The molecule has 7 aromatic carbocycles. The molecule has 12 N–H and O–H groups in total. The Balaban J connectivity index is 0.000000486. The Morgan fingerprint density at radius 3 is 1.02 bits per heavy atom. The quantitative estimate of drug-likeness (QED) is 0.0215. The second kappa shape index (κ2) is 53.6. The number of aliphatic carboxylic acids is 1. The molecule has 1 saturated heterocycles. The van der Waals surface area contributed by atoms with E-state index in [1.807, 2.05) is 9.80 Å². The van der Waals surface area contributed by atoms with Crippen LogP contribution in [0.3, 0.4) is 0 Å². The molecule has 17 nitrogen and oxygen atoms in total. The number of nitrogens with one attached hydrogen (secondary N) is 3. The first-order valence-corrected chi connectivity index (χ1v) is 36.9. The number of aliphatic imine (C=N–C) groups is 2. The molecular weight excluding hydrogens is 1600 g/mol. The van der Waals surface area contributed by atoms with E-state index in [0.29, 0.717) is 65.8 Å². The first-order valence-electron chi connectivity index (χ1n) is 36.1. The van der Waals surface area contributed by atoms with Crippen molar-refractivity contribution in [3.05, 3.63) is 248 Å². The van der Waals surface area contributed by atoms with Crippen LogP contribution < -0.4 is 51.7 Å². The molecule has 8 atom stereocenters. The van der Waals surface area contributed by atoms with E-state index in [4.69, 9.17) is 32.0 Å². The monoisotopic (exact) mass is 1700 g/mol. The van der Waals surface area contributed by atoms with E-state index in [9.17, 15) is 75.8 Å². The average Bonchev–Trinajstić information content (AvgIpc) is 1.62. The number of fused-ring (bicyclic) bond motifs is 1. The Bertz CT molecular complexity index is 4120. The van der Waals surface area contributed by atoms with E-state index in [2.05, 4.69) is 36.5 Å². The van der Waals surface area contributed by atoms with Crippen LogP contribution in [0.2, 0.25) is 0 Å². The third-order valence-electron chi connectivity index (χ3n) is 18.4. The van der Waals surface area contributed by atoms with Gasteiger partial charge in [0.25, 0.3) is 5.97 Å². The molecule has 12 rings (SSSR count). The Morgan fingerprint density at radius 1 is 0.470 bits per heavy atom. The summed E-state index contributed by atoms with van der Waals surface area (Å²) in [6.07, 6.45) is 20.0. The normalized spacial score (nSPS) is 19.0. The first-order chi connectivity index (χ1) is 53.3. The summed E-state index contributed by atoms with van der Waals surface area (Å²) in [5.41, 5.74) is 14.6. The van der Waals surface area contributed by atoms with Crippen LogP contribution in [-0.2, 0) is 40.6 Å².